The highest BCUT2D eigenvalue weighted by molar-refractivity contribution is 7.99. The van der Waals surface area contributed by atoms with Crippen molar-refractivity contribution in [2.24, 2.45) is 0 Å². The topological polar surface area (TPSA) is 99.3 Å². The van der Waals surface area contributed by atoms with Gasteiger partial charge in [0.15, 0.2) is 0 Å². The van der Waals surface area contributed by atoms with Gasteiger partial charge < -0.3 is 10.1 Å². The average molecular weight is 534 g/mol. The predicted octanol–water partition coefficient (Wildman–Crippen LogP) is 5.37. The number of pyridine rings is 1. The Morgan fingerprint density at radius 3 is 2.42 bits per heavy atom. The zero-order chi connectivity index (χ0) is 23.7. The van der Waals surface area contributed by atoms with Gasteiger partial charge in [0.2, 0.25) is 0 Å². The van der Waals surface area contributed by atoms with Crippen LogP contribution in [0.3, 0.4) is 0 Å². The molecule has 0 saturated carbocycles. The van der Waals surface area contributed by atoms with Crippen molar-refractivity contribution in [2.75, 3.05) is 0 Å². The summed E-state index contributed by atoms with van der Waals surface area (Å²) in [5, 5.41) is 5.63. The minimum atomic E-state index is -3.93. The first kappa shape index (κ1) is 26.1. The van der Waals surface area contributed by atoms with Crippen LogP contribution in [0.1, 0.15) is 42.4 Å². The van der Waals surface area contributed by atoms with Crippen molar-refractivity contribution >= 4 is 63.5 Å². The van der Waals surface area contributed by atoms with Crippen LogP contribution in [0.4, 0.5) is 8.78 Å². The fourth-order valence-corrected chi connectivity index (χ4v) is 4.80. The molecule has 3 N–H and O–H groups in total. The lowest BCUT2D eigenvalue weighted by Crippen LogP contribution is -2.32. The van der Waals surface area contributed by atoms with Gasteiger partial charge in [-0.1, -0.05) is 41.0 Å². The van der Waals surface area contributed by atoms with E-state index in [4.69, 9.17) is 34.8 Å². The molecule has 13 heteroatoms. The molecule has 2 aromatic rings. The number of benzene rings is 1. The molecule has 2 rings (SSSR count). The molecular formula is C18H17Cl3F2N2O4S2. The first-order chi connectivity index (χ1) is 14.1. The maximum Gasteiger partial charge on any atom is 0.362 e. The molecule has 0 aliphatic rings. The van der Waals surface area contributed by atoms with E-state index in [1.165, 1.54) is 6.07 Å². The lowest BCUT2D eigenvalue weighted by molar-refractivity contribution is 0.0686. The summed E-state index contributed by atoms with van der Waals surface area (Å²) in [5.74, 6) is -1.63. The number of alkyl halides is 3. The Morgan fingerprint density at radius 1 is 1.29 bits per heavy atom. The maximum atomic E-state index is 13.5. The van der Waals surface area contributed by atoms with Crippen LogP contribution >= 0.6 is 46.6 Å². The Kier molecular flexibility index (Phi) is 8.21. The van der Waals surface area contributed by atoms with Gasteiger partial charge in [0, 0.05) is 16.3 Å². The van der Waals surface area contributed by atoms with Crippen LogP contribution in [0.2, 0.25) is 10.0 Å². The highest BCUT2D eigenvalue weighted by Gasteiger charge is 2.32. The van der Waals surface area contributed by atoms with Crippen molar-refractivity contribution in [1.82, 2.24) is 9.71 Å². The summed E-state index contributed by atoms with van der Waals surface area (Å²) in [6.45, 7) is 5.45. The van der Waals surface area contributed by atoms with Gasteiger partial charge in [-0.05, 0) is 50.1 Å². The van der Waals surface area contributed by atoms with Gasteiger partial charge >= 0.3 is 11.4 Å². The fourth-order valence-electron chi connectivity index (χ4n) is 2.24. The lowest BCUT2D eigenvalue weighted by Gasteiger charge is -2.19. The van der Waals surface area contributed by atoms with Crippen molar-refractivity contribution in [3.8, 4) is 0 Å². The van der Waals surface area contributed by atoms with Crippen LogP contribution in [-0.2, 0) is 22.9 Å². The summed E-state index contributed by atoms with van der Waals surface area (Å²) in [7, 11) is -1.39. The van der Waals surface area contributed by atoms with E-state index in [1.807, 2.05) is 0 Å². The Bertz CT molecular complexity index is 1100. The zero-order valence-electron chi connectivity index (χ0n) is 16.3. The van der Waals surface area contributed by atoms with Gasteiger partial charge in [0.05, 0.1) is 25.8 Å². The molecule has 1 heterocycles. The highest BCUT2D eigenvalue weighted by Crippen LogP contribution is 2.42. The smallest absolute Gasteiger partial charge is 0.362 e. The molecule has 1 atom stereocenters. The molecule has 170 valence electrons. The largest absolute Gasteiger partial charge is 0.477 e. The van der Waals surface area contributed by atoms with Gasteiger partial charge in [-0.2, -0.15) is 8.78 Å². The van der Waals surface area contributed by atoms with Gasteiger partial charge in [-0.15, -0.1) is 0 Å². The predicted molar refractivity (Wildman–Crippen MR) is 119 cm³/mol. The molecule has 0 bridgehead atoms. The van der Waals surface area contributed by atoms with Crippen molar-refractivity contribution in [2.45, 2.75) is 47.2 Å². The number of aromatic amines is 1. The van der Waals surface area contributed by atoms with Crippen molar-refractivity contribution in [1.29, 1.82) is 0 Å². The van der Waals surface area contributed by atoms with Crippen LogP contribution in [0, 0.1) is 0 Å². The minimum Gasteiger partial charge on any atom is -0.477 e. The van der Waals surface area contributed by atoms with E-state index in [-0.39, 0.29) is 26.4 Å². The van der Waals surface area contributed by atoms with Crippen LogP contribution < -0.4 is 10.3 Å². The number of rotatable bonds is 7. The van der Waals surface area contributed by atoms with E-state index in [2.05, 4.69) is 4.72 Å². The van der Waals surface area contributed by atoms with E-state index in [9.17, 15) is 27.7 Å². The summed E-state index contributed by atoms with van der Waals surface area (Å²) < 4.78 is 41.6. The summed E-state index contributed by atoms with van der Waals surface area (Å²) in [4.78, 5) is 25.2. The molecule has 0 radical (unpaired) electrons. The number of aromatic carboxylic acids is 1. The lowest BCUT2D eigenvalue weighted by atomic mass is 10.2. The van der Waals surface area contributed by atoms with Crippen molar-refractivity contribution < 1.29 is 22.9 Å². The Morgan fingerprint density at radius 2 is 1.90 bits per heavy atom. The van der Waals surface area contributed by atoms with Crippen LogP contribution in [-0.4, -0.2) is 25.0 Å². The molecule has 0 amide bonds. The van der Waals surface area contributed by atoms with E-state index >= 15 is 0 Å². The number of H-pyrrole nitrogens is 1. The zero-order valence-corrected chi connectivity index (χ0v) is 20.2. The van der Waals surface area contributed by atoms with Crippen molar-refractivity contribution in [3.63, 3.8) is 0 Å². The summed E-state index contributed by atoms with van der Waals surface area (Å²) in [5.41, 5.74) is -2.51. The number of halogens is 5. The molecule has 6 nitrogen and oxygen atoms in total. The standard InChI is InChI=1S/C18H17Cl3F2N2O4S2/c1-17(2,3)31(29)24-7-8-4-5-9(19)14(13(8)20)30-10-6-11(18(21,22)23)25-15(26)12(10)16(27)28/h4-6,24H,7H2,1-3H3,(H,25,26)(H,27,28). The molecule has 0 aliphatic heterocycles. The number of nitrogens with one attached hydrogen (secondary N) is 2. The van der Waals surface area contributed by atoms with Crippen LogP contribution in [0.25, 0.3) is 0 Å². The number of carbonyl (C=O) groups is 1. The SMILES string of the molecule is CC(C)(C)S(=O)NCc1ccc(Cl)c(Sc2cc(C(F)(F)Cl)[nH]c(=O)c2C(=O)O)c1Cl. The third-order valence-corrected chi connectivity index (χ3v) is 7.67. The molecule has 0 aliphatic carbocycles. The Hall–Kier alpha value is -1.17. The quantitative estimate of drug-likeness (QED) is 0.416. The monoisotopic (exact) mass is 532 g/mol. The molecule has 0 saturated heterocycles. The number of carboxylic acids is 1. The number of hydrogen-bond acceptors (Lipinski definition) is 4. The minimum absolute atomic E-state index is 0.0895. The van der Waals surface area contributed by atoms with Gasteiger partial charge in [-0.3, -0.25) is 4.79 Å². The first-order valence-electron chi connectivity index (χ1n) is 8.51. The van der Waals surface area contributed by atoms with Gasteiger partial charge in [-0.25, -0.2) is 13.7 Å². The van der Waals surface area contributed by atoms with E-state index in [0.29, 0.717) is 17.3 Å². The fraction of sp³-hybridized carbons (Fsp3) is 0.333. The number of hydrogen-bond donors (Lipinski definition) is 3. The molecule has 1 unspecified atom stereocenters. The van der Waals surface area contributed by atoms with Gasteiger partial charge in [0.25, 0.3) is 5.56 Å². The second kappa shape index (κ2) is 9.76. The molecule has 1 aromatic heterocycles. The van der Waals surface area contributed by atoms with Crippen LogP contribution in [0.5, 0.6) is 0 Å². The molecule has 31 heavy (non-hydrogen) atoms. The molecular weight excluding hydrogens is 517 g/mol. The molecule has 0 spiro atoms. The Labute approximate surface area is 198 Å². The summed E-state index contributed by atoms with van der Waals surface area (Å²) >= 11 is 18.2. The van der Waals surface area contributed by atoms with E-state index in [1.54, 1.807) is 31.8 Å². The van der Waals surface area contributed by atoms with Crippen molar-refractivity contribution in [3.05, 3.63) is 55.4 Å². The number of carboxylic acid groups (broad SMARTS) is 1. The third kappa shape index (κ3) is 6.43. The van der Waals surface area contributed by atoms with Gasteiger partial charge in [0.1, 0.15) is 11.3 Å². The normalized spacial score (nSPS) is 13.3. The Balaban J connectivity index is 2.51. The first-order valence-corrected chi connectivity index (χ1v) is 11.6. The van der Waals surface area contributed by atoms with Crippen LogP contribution in [0.15, 0.2) is 32.8 Å². The second-order valence-corrected chi connectivity index (χ2v) is 11.6. The maximum absolute atomic E-state index is 13.5. The van der Waals surface area contributed by atoms with E-state index in [0.717, 1.165) is 6.07 Å². The molecule has 0 fully saturated rings. The highest BCUT2D eigenvalue weighted by atomic mass is 35.5. The van der Waals surface area contributed by atoms with E-state index < -0.39 is 43.9 Å². The molecule has 1 aromatic carbocycles. The summed E-state index contributed by atoms with van der Waals surface area (Å²) in [6, 6.07) is 3.81. The number of aromatic nitrogens is 1. The second-order valence-electron chi connectivity index (χ2n) is 7.21. The summed E-state index contributed by atoms with van der Waals surface area (Å²) in [6.07, 6.45) is 0. The third-order valence-electron chi connectivity index (χ3n) is 3.81. The average Bonchev–Trinajstić information content (AvgIpc) is 2.61.